The first-order valence-corrected chi connectivity index (χ1v) is 8.10. The summed E-state index contributed by atoms with van der Waals surface area (Å²) in [5.41, 5.74) is 0.392. The first-order chi connectivity index (χ1) is 11.6. The van der Waals surface area contributed by atoms with Crippen LogP contribution in [0.2, 0.25) is 0 Å². The summed E-state index contributed by atoms with van der Waals surface area (Å²) in [7, 11) is 0. The monoisotopic (exact) mass is 326 g/mol. The predicted molar refractivity (Wildman–Crippen MR) is 87.2 cm³/mol. The van der Waals surface area contributed by atoms with Crippen molar-refractivity contribution < 1.29 is 9.18 Å². The molecule has 1 amide bonds. The van der Waals surface area contributed by atoms with Gasteiger partial charge in [0.05, 0.1) is 23.5 Å². The van der Waals surface area contributed by atoms with Gasteiger partial charge in [0, 0.05) is 0 Å². The molecule has 0 saturated heterocycles. The molecule has 0 aliphatic heterocycles. The van der Waals surface area contributed by atoms with Crippen LogP contribution in [0.15, 0.2) is 30.5 Å². The molecule has 24 heavy (non-hydrogen) atoms. The van der Waals surface area contributed by atoms with Gasteiger partial charge in [0.2, 0.25) is 0 Å². The van der Waals surface area contributed by atoms with Gasteiger partial charge >= 0.3 is 0 Å². The summed E-state index contributed by atoms with van der Waals surface area (Å²) in [6.45, 7) is 1.72. The van der Waals surface area contributed by atoms with E-state index < -0.39 is 11.4 Å². The molecule has 1 N–H and O–H groups in total. The second-order valence-corrected chi connectivity index (χ2v) is 6.22. The van der Waals surface area contributed by atoms with Crippen LogP contribution in [0, 0.1) is 24.1 Å². The Hall–Kier alpha value is -2.68. The first-order valence-electron chi connectivity index (χ1n) is 8.10. The standard InChI is InChI=1S/C18H19FN4O/c1-13-14(11-21-23(13)16-8-4-3-7-15(16)19)17(24)22-18(12-20)9-5-2-6-10-18/h3-4,7-8,11H,2,5-6,9-10H2,1H3,(H,22,24). The van der Waals surface area contributed by atoms with Crippen molar-refractivity contribution in [1.29, 1.82) is 5.26 Å². The number of para-hydroxylation sites is 1. The van der Waals surface area contributed by atoms with Crippen molar-refractivity contribution in [2.75, 3.05) is 0 Å². The van der Waals surface area contributed by atoms with Crippen molar-refractivity contribution in [2.45, 2.75) is 44.6 Å². The Labute approximate surface area is 140 Å². The minimum Gasteiger partial charge on any atom is -0.334 e. The zero-order valence-electron chi connectivity index (χ0n) is 13.6. The lowest BCUT2D eigenvalue weighted by atomic mass is 9.82. The maximum absolute atomic E-state index is 13.9. The zero-order valence-corrected chi connectivity index (χ0v) is 13.6. The van der Waals surface area contributed by atoms with E-state index in [1.54, 1.807) is 25.1 Å². The van der Waals surface area contributed by atoms with Crippen molar-refractivity contribution in [3.63, 3.8) is 0 Å². The Balaban J connectivity index is 1.87. The van der Waals surface area contributed by atoms with E-state index >= 15 is 0 Å². The van der Waals surface area contributed by atoms with Crippen LogP contribution < -0.4 is 5.32 Å². The molecule has 6 heteroatoms. The molecule has 1 aromatic heterocycles. The van der Waals surface area contributed by atoms with E-state index in [1.165, 1.54) is 16.9 Å². The molecule has 0 bridgehead atoms. The van der Waals surface area contributed by atoms with Gasteiger partial charge in [0.25, 0.3) is 5.91 Å². The molecular weight excluding hydrogens is 307 g/mol. The highest BCUT2D eigenvalue weighted by Gasteiger charge is 2.34. The lowest BCUT2D eigenvalue weighted by Gasteiger charge is -2.31. The Morgan fingerprint density at radius 2 is 2.04 bits per heavy atom. The number of rotatable bonds is 3. The summed E-state index contributed by atoms with van der Waals surface area (Å²) in [6, 6.07) is 8.54. The lowest BCUT2D eigenvalue weighted by Crippen LogP contribution is -2.48. The third-order valence-electron chi connectivity index (χ3n) is 4.61. The van der Waals surface area contributed by atoms with Crippen LogP contribution in [0.5, 0.6) is 0 Å². The van der Waals surface area contributed by atoms with Crippen molar-refractivity contribution >= 4 is 5.91 Å². The number of amides is 1. The van der Waals surface area contributed by atoms with Crippen molar-refractivity contribution in [1.82, 2.24) is 15.1 Å². The third kappa shape index (κ3) is 2.90. The van der Waals surface area contributed by atoms with E-state index in [-0.39, 0.29) is 5.91 Å². The number of carbonyl (C=O) groups excluding carboxylic acids is 1. The van der Waals surface area contributed by atoms with Crippen LogP contribution in [0.1, 0.15) is 48.2 Å². The molecule has 1 aliphatic carbocycles. The highest BCUT2D eigenvalue weighted by Crippen LogP contribution is 2.28. The maximum atomic E-state index is 13.9. The fourth-order valence-electron chi connectivity index (χ4n) is 3.20. The molecule has 2 aromatic rings. The average molecular weight is 326 g/mol. The average Bonchev–Trinajstić information content (AvgIpc) is 2.98. The summed E-state index contributed by atoms with van der Waals surface area (Å²) < 4.78 is 15.4. The number of nitrogens with one attached hydrogen (secondary N) is 1. The molecule has 1 fully saturated rings. The van der Waals surface area contributed by atoms with Gasteiger partial charge in [0.15, 0.2) is 0 Å². The van der Waals surface area contributed by atoms with Crippen LogP contribution in [-0.4, -0.2) is 21.2 Å². The van der Waals surface area contributed by atoms with Gasteiger partial charge in [0.1, 0.15) is 17.0 Å². The number of nitriles is 1. The first kappa shape index (κ1) is 16.2. The summed E-state index contributed by atoms with van der Waals surface area (Å²) >= 11 is 0. The molecule has 1 aromatic carbocycles. The molecule has 5 nitrogen and oxygen atoms in total. The third-order valence-corrected chi connectivity index (χ3v) is 4.61. The summed E-state index contributed by atoms with van der Waals surface area (Å²) in [5, 5.41) is 16.5. The second kappa shape index (κ2) is 6.44. The van der Waals surface area contributed by atoms with E-state index in [0.717, 1.165) is 19.3 Å². The number of nitrogens with zero attached hydrogens (tertiary/aromatic N) is 3. The van der Waals surface area contributed by atoms with Crippen LogP contribution in [-0.2, 0) is 0 Å². The van der Waals surface area contributed by atoms with Gasteiger partial charge in [-0.3, -0.25) is 4.79 Å². The van der Waals surface area contributed by atoms with E-state index in [2.05, 4.69) is 16.5 Å². The minimum absolute atomic E-state index is 0.293. The molecule has 0 spiro atoms. The van der Waals surface area contributed by atoms with Crippen LogP contribution in [0.3, 0.4) is 0 Å². The van der Waals surface area contributed by atoms with Gasteiger partial charge in [-0.25, -0.2) is 9.07 Å². The van der Waals surface area contributed by atoms with Crippen LogP contribution in [0.25, 0.3) is 5.69 Å². The van der Waals surface area contributed by atoms with Crippen molar-refractivity contribution in [3.05, 3.63) is 47.5 Å². The second-order valence-electron chi connectivity index (χ2n) is 6.22. The SMILES string of the molecule is Cc1c(C(=O)NC2(C#N)CCCCC2)cnn1-c1ccccc1F. The maximum Gasteiger partial charge on any atom is 0.256 e. The summed E-state index contributed by atoms with van der Waals surface area (Å²) in [6.07, 6.45) is 5.70. The largest absolute Gasteiger partial charge is 0.334 e. The fraction of sp³-hybridized carbons (Fsp3) is 0.389. The number of carbonyl (C=O) groups is 1. The summed E-state index contributed by atoms with van der Waals surface area (Å²) in [5.74, 6) is -0.741. The zero-order chi connectivity index (χ0) is 17.2. The molecule has 124 valence electrons. The number of hydrogen-bond donors (Lipinski definition) is 1. The highest BCUT2D eigenvalue weighted by atomic mass is 19.1. The highest BCUT2D eigenvalue weighted by molar-refractivity contribution is 5.96. The molecule has 0 atom stereocenters. The number of hydrogen-bond acceptors (Lipinski definition) is 3. The topological polar surface area (TPSA) is 70.7 Å². The predicted octanol–water partition coefficient (Wildman–Crippen LogP) is 3.28. The molecule has 0 unspecified atom stereocenters. The van der Waals surface area contributed by atoms with Crippen molar-refractivity contribution in [2.24, 2.45) is 0 Å². The molecule has 0 radical (unpaired) electrons. The smallest absolute Gasteiger partial charge is 0.256 e. The molecular formula is C18H19FN4O. The van der Waals surface area contributed by atoms with E-state index in [1.807, 2.05) is 0 Å². The van der Waals surface area contributed by atoms with Crippen molar-refractivity contribution in [3.8, 4) is 11.8 Å². The molecule has 3 rings (SSSR count). The fourth-order valence-corrected chi connectivity index (χ4v) is 3.20. The molecule has 1 saturated carbocycles. The van der Waals surface area contributed by atoms with Crippen LogP contribution >= 0.6 is 0 Å². The van der Waals surface area contributed by atoms with Crippen LogP contribution in [0.4, 0.5) is 4.39 Å². The van der Waals surface area contributed by atoms with E-state index in [0.29, 0.717) is 29.8 Å². The number of halogens is 1. The Morgan fingerprint density at radius 3 is 2.71 bits per heavy atom. The number of aromatic nitrogens is 2. The Morgan fingerprint density at radius 1 is 1.33 bits per heavy atom. The van der Waals surface area contributed by atoms with E-state index in [9.17, 15) is 14.4 Å². The minimum atomic E-state index is -0.804. The van der Waals surface area contributed by atoms with Gasteiger partial charge in [-0.2, -0.15) is 10.4 Å². The lowest BCUT2D eigenvalue weighted by molar-refractivity contribution is 0.0902. The summed E-state index contributed by atoms with van der Waals surface area (Å²) in [4.78, 5) is 12.6. The van der Waals surface area contributed by atoms with Gasteiger partial charge in [-0.15, -0.1) is 0 Å². The van der Waals surface area contributed by atoms with Gasteiger partial charge < -0.3 is 5.32 Å². The molecule has 1 aliphatic rings. The normalized spacial score (nSPS) is 16.4. The molecule has 1 heterocycles. The Bertz CT molecular complexity index is 800. The number of benzene rings is 1. The quantitative estimate of drug-likeness (QED) is 0.941. The van der Waals surface area contributed by atoms with Gasteiger partial charge in [-0.1, -0.05) is 31.4 Å². The Kier molecular flexibility index (Phi) is 4.34. The van der Waals surface area contributed by atoms with Gasteiger partial charge in [-0.05, 0) is 31.9 Å². The van der Waals surface area contributed by atoms with E-state index in [4.69, 9.17) is 0 Å².